The van der Waals surface area contributed by atoms with Gasteiger partial charge in [0.2, 0.25) is 0 Å². The zero-order valence-corrected chi connectivity index (χ0v) is 35.0. The van der Waals surface area contributed by atoms with Gasteiger partial charge in [0, 0.05) is 68.2 Å². The topological polar surface area (TPSA) is 61.2 Å². The van der Waals surface area contributed by atoms with Gasteiger partial charge in [0.15, 0.2) is 0 Å². The molecule has 0 amide bonds. The molecule has 0 radical (unpaired) electrons. The Morgan fingerprint density at radius 1 is 0.982 bits per heavy atom. The number of allylic oxidation sites excluding steroid dienone is 1. The van der Waals surface area contributed by atoms with Gasteiger partial charge in [-0.1, -0.05) is 64.8 Å². The van der Waals surface area contributed by atoms with Crippen molar-refractivity contribution in [3.8, 4) is 22.5 Å². The molecule has 2 fully saturated rings. The summed E-state index contributed by atoms with van der Waals surface area (Å²) in [5.74, 6) is 0.348. The Bertz CT molecular complexity index is 1890. The molecule has 4 aromatic rings. The number of nitrogens with zero attached hydrogens (tertiary/aromatic N) is 5. The number of hydrogen-bond donors (Lipinski definition) is 2. The van der Waals surface area contributed by atoms with Crippen molar-refractivity contribution in [3.05, 3.63) is 90.4 Å². The van der Waals surface area contributed by atoms with Gasteiger partial charge >= 0.3 is 0 Å². The molecule has 296 valence electrons. The molecular weight excluding hydrogens is 675 g/mol. The van der Waals surface area contributed by atoms with Gasteiger partial charge in [-0.2, -0.15) is 0 Å². The van der Waals surface area contributed by atoms with E-state index in [1.54, 1.807) is 6.20 Å². The molecule has 7 nitrogen and oxygen atoms in total. The molecule has 1 saturated heterocycles. The predicted molar refractivity (Wildman–Crippen MR) is 235 cm³/mol. The van der Waals surface area contributed by atoms with E-state index in [0.717, 1.165) is 95.0 Å². The maximum Gasteiger partial charge on any atom is 0.0927 e. The van der Waals surface area contributed by atoms with E-state index in [-0.39, 0.29) is 5.41 Å². The zero-order chi connectivity index (χ0) is 39.0. The SMILES string of the molecule is C=CCCC(C)(C)Cc1c(-c2cc(N3CCN(C4CC4)CC3)cnc2C(C)CC)n(CC)c2ccc(-c3cc(C)cc(CCCCCCNNC=C)c3)nc12. The Morgan fingerprint density at radius 2 is 1.76 bits per heavy atom. The average molecular weight is 744 g/mol. The number of piperazine rings is 1. The van der Waals surface area contributed by atoms with E-state index in [0.29, 0.717) is 5.92 Å². The van der Waals surface area contributed by atoms with Crippen LogP contribution in [0.4, 0.5) is 5.69 Å². The lowest BCUT2D eigenvalue weighted by Crippen LogP contribution is -2.47. The van der Waals surface area contributed by atoms with Crippen molar-refractivity contribution >= 4 is 16.7 Å². The molecule has 3 aromatic heterocycles. The van der Waals surface area contributed by atoms with Gasteiger partial charge in [-0.3, -0.25) is 9.88 Å². The average Bonchev–Trinajstić information content (AvgIpc) is 4.00. The van der Waals surface area contributed by atoms with E-state index in [1.165, 1.54) is 82.5 Å². The van der Waals surface area contributed by atoms with Crippen molar-refractivity contribution in [2.24, 2.45) is 5.41 Å². The van der Waals surface area contributed by atoms with Crippen LogP contribution in [0.2, 0.25) is 0 Å². The van der Waals surface area contributed by atoms with E-state index >= 15 is 0 Å². The molecule has 1 aromatic carbocycles. The summed E-state index contributed by atoms with van der Waals surface area (Å²) in [6.07, 6.45) is 18.6. The molecule has 1 atom stereocenters. The first kappa shape index (κ1) is 40.7. The molecule has 2 aliphatic rings. The lowest BCUT2D eigenvalue weighted by Gasteiger charge is -2.36. The smallest absolute Gasteiger partial charge is 0.0927 e. The quantitative estimate of drug-likeness (QED) is 0.0503. The highest BCUT2D eigenvalue weighted by Crippen LogP contribution is 2.43. The van der Waals surface area contributed by atoms with Crippen LogP contribution >= 0.6 is 0 Å². The summed E-state index contributed by atoms with van der Waals surface area (Å²) in [5.41, 5.74) is 20.0. The first-order valence-corrected chi connectivity index (χ1v) is 21.5. The maximum absolute atomic E-state index is 5.63. The van der Waals surface area contributed by atoms with Crippen molar-refractivity contribution in [2.45, 2.75) is 131 Å². The van der Waals surface area contributed by atoms with Gasteiger partial charge < -0.3 is 14.9 Å². The van der Waals surface area contributed by atoms with E-state index < -0.39 is 0 Å². The molecule has 0 spiro atoms. The summed E-state index contributed by atoms with van der Waals surface area (Å²) in [6.45, 7) is 28.0. The third kappa shape index (κ3) is 10.1. The largest absolute Gasteiger partial charge is 0.368 e. The number of unbranched alkanes of at least 4 members (excludes halogenated alkanes) is 3. The standard InChI is InChI=1S/C48H69N7/c1-9-13-23-48(7,8)33-42-46-44(22-21-43(52-46)38-30-35(5)29-37(31-38)18-16-14-15-17-24-51-50-11-3)55(12-4)47(42)41-32-40(34-49-45(41)36(6)10-2)54-27-25-53(26-28-54)39-19-20-39/h9,11,21-22,29-32,34,36,39,50-51H,1,3,10,12-20,23-28,33H2,2,4-8H3. The fourth-order valence-corrected chi connectivity index (χ4v) is 8.70. The van der Waals surface area contributed by atoms with Crippen LogP contribution < -0.4 is 15.8 Å². The molecule has 7 heteroatoms. The second kappa shape index (κ2) is 18.8. The second-order valence-corrected chi connectivity index (χ2v) is 17.1. The molecular formula is C48H69N7. The highest BCUT2D eigenvalue weighted by Gasteiger charge is 2.32. The van der Waals surface area contributed by atoms with E-state index in [9.17, 15) is 0 Å². The Morgan fingerprint density at radius 3 is 2.47 bits per heavy atom. The number of hydrazine groups is 1. The molecule has 1 saturated carbocycles. The summed E-state index contributed by atoms with van der Waals surface area (Å²) in [7, 11) is 0. The monoisotopic (exact) mass is 744 g/mol. The molecule has 0 bridgehead atoms. The highest BCUT2D eigenvalue weighted by molar-refractivity contribution is 5.92. The number of hydrogen-bond acceptors (Lipinski definition) is 6. The number of aromatic nitrogens is 3. The molecule has 4 heterocycles. The van der Waals surface area contributed by atoms with Crippen LogP contribution in [-0.2, 0) is 19.4 Å². The minimum absolute atomic E-state index is 0.0723. The van der Waals surface area contributed by atoms with Gasteiger partial charge in [-0.05, 0) is 119 Å². The number of benzene rings is 1. The summed E-state index contributed by atoms with van der Waals surface area (Å²) in [6, 6.07) is 15.0. The molecule has 6 rings (SSSR count). The Balaban J connectivity index is 1.40. The number of aryl methyl sites for hydroxylation is 3. The van der Waals surface area contributed by atoms with Crippen LogP contribution in [0.1, 0.15) is 121 Å². The van der Waals surface area contributed by atoms with E-state index in [1.807, 2.05) is 0 Å². The summed E-state index contributed by atoms with van der Waals surface area (Å²) >= 11 is 0. The summed E-state index contributed by atoms with van der Waals surface area (Å²) in [4.78, 5) is 16.2. The number of nitrogens with one attached hydrogen (secondary N) is 2. The van der Waals surface area contributed by atoms with Gasteiger partial charge in [0.1, 0.15) is 0 Å². The normalized spacial score (nSPS) is 15.8. The van der Waals surface area contributed by atoms with Crippen molar-refractivity contribution < 1.29 is 0 Å². The number of pyridine rings is 2. The van der Waals surface area contributed by atoms with Crippen LogP contribution in [0.5, 0.6) is 0 Å². The van der Waals surface area contributed by atoms with Crippen molar-refractivity contribution in [1.29, 1.82) is 0 Å². The van der Waals surface area contributed by atoms with Crippen LogP contribution in [0.15, 0.2) is 68.0 Å². The third-order valence-corrected chi connectivity index (χ3v) is 12.1. The number of fused-ring (bicyclic) bond motifs is 1. The second-order valence-electron chi connectivity index (χ2n) is 17.1. The van der Waals surface area contributed by atoms with Crippen molar-refractivity contribution in [2.75, 3.05) is 37.6 Å². The number of anilines is 1. The first-order valence-electron chi connectivity index (χ1n) is 21.5. The molecule has 55 heavy (non-hydrogen) atoms. The summed E-state index contributed by atoms with van der Waals surface area (Å²) in [5, 5.41) is 0. The lowest BCUT2D eigenvalue weighted by atomic mass is 9.80. The van der Waals surface area contributed by atoms with Crippen molar-refractivity contribution in [3.63, 3.8) is 0 Å². The molecule has 1 unspecified atom stereocenters. The van der Waals surface area contributed by atoms with Crippen molar-refractivity contribution in [1.82, 2.24) is 30.3 Å². The number of rotatable bonds is 21. The van der Waals surface area contributed by atoms with Gasteiger partial charge in [-0.25, -0.2) is 10.4 Å². The fraction of sp³-hybridized carbons (Fsp3) is 0.542. The van der Waals surface area contributed by atoms with E-state index in [4.69, 9.17) is 9.97 Å². The maximum atomic E-state index is 5.63. The lowest BCUT2D eigenvalue weighted by molar-refractivity contribution is 0.248. The molecule has 1 aliphatic carbocycles. The Hall–Kier alpha value is -3.94. The van der Waals surface area contributed by atoms with Crippen LogP contribution in [0.25, 0.3) is 33.5 Å². The van der Waals surface area contributed by atoms with Crippen LogP contribution in [0, 0.1) is 12.3 Å². The minimum Gasteiger partial charge on any atom is -0.368 e. The van der Waals surface area contributed by atoms with E-state index in [2.05, 4.69) is 129 Å². The molecule has 2 N–H and O–H groups in total. The fourth-order valence-electron chi connectivity index (χ4n) is 8.70. The first-order chi connectivity index (χ1) is 26.7. The van der Waals surface area contributed by atoms with Gasteiger partial charge in [0.25, 0.3) is 0 Å². The van der Waals surface area contributed by atoms with Crippen LogP contribution in [0.3, 0.4) is 0 Å². The predicted octanol–water partition coefficient (Wildman–Crippen LogP) is 10.8. The summed E-state index contributed by atoms with van der Waals surface area (Å²) < 4.78 is 2.55. The zero-order valence-electron chi connectivity index (χ0n) is 35.0. The highest BCUT2D eigenvalue weighted by atomic mass is 15.3. The Labute approximate surface area is 332 Å². The minimum atomic E-state index is 0.0723. The Kier molecular flexibility index (Phi) is 13.9. The third-order valence-electron chi connectivity index (χ3n) is 12.1. The molecule has 1 aliphatic heterocycles. The van der Waals surface area contributed by atoms with Gasteiger partial charge in [0.05, 0.1) is 40.0 Å². The van der Waals surface area contributed by atoms with Crippen LogP contribution in [-0.4, -0.2) is 58.2 Å². The van der Waals surface area contributed by atoms with Gasteiger partial charge in [-0.15, -0.1) is 6.58 Å².